The maximum atomic E-state index is 12.8. The van der Waals surface area contributed by atoms with E-state index in [1.165, 1.54) is 16.9 Å². The third kappa shape index (κ3) is 3.73. The number of fused-ring (bicyclic) bond motifs is 1. The molecule has 1 N–H and O–H groups in total. The predicted molar refractivity (Wildman–Crippen MR) is 112 cm³/mol. The van der Waals surface area contributed by atoms with Crippen LogP contribution in [-0.2, 0) is 0 Å². The summed E-state index contributed by atoms with van der Waals surface area (Å²) in [5.41, 5.74) is 4.83. The van der Waals surface area contributed by atoms with E-state index >= 15 is 0 Å². The van der Waals surface area contributed by atoms with Gasteiger partial charge in [-0.3, -0.25) is 4.79 Å². The molecule has 0 saturated heterocycles. The maximum absolute atomic E-state index is 12.8. The largest absolute Gasteiger partial charge is 0.490 e. The van der Waals surface area contributed by atoms with Crippen molar-refractivity contribution in [1.82, 2.24) is 4.98 Å². The van der Waals surface area contributed by atoms with Crippen molar-refractivity contribution < 1.29 is 14.3 Å². The van der Waals surface area contributed by atoms with Gasteiger partial charge < -0.3 is 14.8 Å². The van der Waals surface area contributed by atoms with Crippen LogP contribution in [0.5, 0.6) is 11.5 Å². The molecule has 0 unspecified atom stereocenters. The molecule has 5 nitrogen and oxygen atoms in total. The van der Waals surface area contributed by atoms with E-state index in [9.17, 15) is 4.79 Å². The number of aromatic nitrogens is 1. The quantitative estimate of drug-likeness (QED) is 0.667. The highest BCUT2D eigenvalue weighted by atomic mass is 32.1. The van der Waals surface area contributed by atoms with Gasteiger partial charge in [-0.2, -0.15) is 0 Å². The lowest BCUT2D eigenvalue weighted by molar-refractivity contribution is 0.103. The van der Waals surface area contributed by atoms with E-state index in [-0.39, 0.29) is 5.91 Å². The molecule has 1 aliphatic rings. The summed E-state index contributed by atoms with van der Waals surface area (Å²) < 4.78 is 11.3. The molecule has 6 heteroatoms. The van der Waals surface area contributed by atoms with E-state index in [4.69, 9.17) is 9.47 Å². The Hall–Kier alpha value is -2.86. The van der Waals surface area contributed by atoms with Crippen LogP contribution in [0.1, 0.15) is 32.9 Å². The van der Waals surface area contributed by atoms with Gasteiger partial charge in [0, 0.05) is 23.7 Å². The van der Waals surface area contributed by atoms with Crippen LogP contribution in [0, 0.1) is 20.8 Å². The van der Waals surface area contributed by atoms with Crippen LogP contribution in [0.4, 0.5) is 5.69 Å². The van der Waals surface area contributed by atoms with Gasteiger partial charge >= 0.3 is 0 Å². The topological polar surface area (TPSA) is 60.5 Å². The van der Waals surface area contributed by atoms with Crippen molar-refractivity contribution in [1.29, 1.82) is 0 Å². The molecule has 2 aromatic carbocycles. The average Bonchev–Trinajstić information content (AvgIpc) is 2.89. The van der Waals surface area contributed by atoms with Gasteiger partial charge in [0.25, 0.3) is 5.91 Å². The van der Waals surface area contributed by atoms with Crippen molar-refractivity contribution in [3.05, 3.63) is 58.1 Å². The van der Waals surface area contributed by atoms with Crippen LogP contribution in [0.3, 0.4) is 0 Å². The molecule has 0 fully saturated rings. The normalized spacial score (nSPS) is 13.1. The smallest absolute Gasteiger partial charge is 0.267 e. The van der Waals surface area contributed by atoms with Gasteiger partial charge in [-0.15, -0.1) is 11.3 Å². The van der Waals surface area contributed by atoms with Crippen LogP contribution < -0.4 is 14.8 Å². The maximum Gasteiger partial charge on any atom is 0.267 e. The summed E-state index contributed by atoms with van der Waals surface area (Å²) in [5.74, 6) is 1.20. The number of carbonyl (C=O) groups excluding carboxylic acids is 1. The van der Waals surface area contributed by atoms with Gasteiger partial charge in [-0.05, 0) is 38.5 Å². The van der Waals surface area contributed by atoms with Gasteiger partial charge in [-0.1, -0.05) is 23.8 Å². The predicted octanol–water partition coefficient (Wildman–Crippen LogP) is 5.15. The summed E-state index contributed by atoms with van der Waals surface area (Å²) in [4.78, 5) is 18.1. The van der Waals surface area contributed by atoms with Gasteiger partial charge in [0.15, 0.2) is 11.5 Å². The van der Waals surface area contributed by atoms with E-state index < -0.39 is 0 Å². The molecule has 0 aliphatic carbocycles. The van der Waals surface area contributed by atoms with E-state index in [0.29, 0.717) is 35.3 Å². The van der Waals surface area contributed by atoms with Crippen LogP contribution >= 0.6 is 11.3 Å². The van der Waals surface area contributed by atoms with Crippen molar-refractivity contribution in [2.45, 2.75) is 27.2 Å². The number of anilines is 1. The Labute approximate surface area is 168 Å². The number of hydrogen-bond donors (Lipinski definition) is 1. The minimum atomic E-state index is -0.166. The van der Waals surface area contributed by atoms with Gasteiger partial charge in [0.05, 0.1) is 18.9 Å². The number of nitrogens with zero attached hydrogens (tertiary/aromatic N) is 1. The molecular formula is C22H22N2O3S. The highest BCUT2D eigenvalue weighted by Gasteiger charge is 2.18. The zero-order chi connectivity index (χ0) is 19.7. The fraction of sp³-hybridized carbons (Fsp3) is 0.273. The van der Waals surface area contributed by atoms with Crippen molar-refractivity contribution in [3.63, 3.8) is 0 Å². The summed E-state index contributed by atoms with van der Waals surface area (Å²) in [6.07, 6.45) is 0.845. The Morgan fingerprint density at radius 3 is 2.61 bits per heavy atom. The Kier molecular flexibility index (Phi) is 5.05. The summed E-state index contributed by atoms with van der Waals surface area (Å²) in [6.45, 7) is 7.25. The number of thiazole rings is 1. The number of amides is 1. The fourth-order valence-corrected chi connectivity index (χ4v) is 4.26. The first-order valence-electron chi connectivity index (χ1n) is 9.27. The third-order valence-electron chi connectivity index (χ3n) is 4.62. The van der Waals surface area contributed by atoms with Gasteiger partial charge in [-0.25, -0.2) is 4.98 Å². The zero-order valence-corrected chi connectivity index (χ0v) is 17.0. The molecule has 0 spiro atoms. The number of aryl methyl sites for hydroxylation is 3. The highest BCUT2D eigenvalue weighted by Crippen LogP contribution is 2.34. The average molecular weight is 394 g/mol. The minimum absolute atomic E-state index is 0.166. The summed E-state index contributed by atoms with van der Waals surface area (Å²) >= 11 is 1.41. The highest BCUT2D eigenvalue weighted by molar-refractivity contribution is 7.17. The molecule has 1 aliphatic heterocycles. The molecule has 1 aromatic heterocycles. The van der Waals surface area contributed by atoms with Gasteiger partial charge in [0.1, 0.15) is 9.88 Å². The first-order valence-corrected chi connectivity index (χ1v) is 10.1. The van der Waals surface area contributed by atoms with E-state index in [1.807, 2.05) is 19.1 Å². The zero-order valence-electron chi connectivity index (χ0n) is 16.2. The number of benzene rings is 2. The molecule has 144 valence electrons. The molecule has 0 bridgehead atoms. The second-order valence-electron chi connectivity index (χ2n) is 6.92. The van der Waals surface area contributed by atoms with E-state index in [1.54, 1.807) is 6.07 Å². The number of hydrogen-bond acceptors (Lipinski definition) is 5. The van der Waals surface area contributed by atoms with Crippen molar-refractivity contribution in [2.75, 3.05) is 18.5 Å². The molecule has 3 aromatic rings. The van der Waals surface area contributed by atoms with Crippen LogP contribution in [-0.4, -0.2) is 24.1 Å². The Bertz CT molecular complexity index is 1040. The second-order valence-corrected chi connectivity index (χ2v) is 7.92. The number of nitrogens with one attached hydrogen (secondary N) is 1. The SMILES string of the molecule is Cc1ccc(-c2nc(C)c(C(=O)Nc3ccc4c(c3)OCCCO4)s2)c(C)c1. The molecule has 1 amide bonds. The van der Waals surface area contributed by atoms with Crippen LogP contribution in [0.2, 0.25) is 0 Å². The molecule has 0 saturated carbocycles. The summed E-state index contributed by atoms with van der Waals surface area (Å²) in [6, 6.07) is 11.7. The Balaban J connectivity index is 1.57. The first-order chi connectivity index (χ1) is 13.5. The number of ether oxygens (including phenoxy) is 2. The first kappa shape index (κ1) is 18.5. The lowest BCUT2D eigenvalue weighted by Crippen LogP contribution is -2.11. The van der Waals surface area contributed by atoms with Crippen molar-refractivity contribution >= 4 is 22.9 Å². The molecule has 0 atom stereocenters. The molecular weight excluding hydrogens is 372 g/mol. The lowest BCUT2D eigenvalue weighted by Gasteiger charge is -2.10. The summed E-state index contributed by atoms with van der Waals surface area (Å²) in [5, 5.41) is 3.81. The van der Waals surface area contributed by atoms with Gasteiger partial charge in [0.2, 0.25) is 0 Å². The minimum Gasteiger partial charge on any atom is -0.490 e. The van der Waals surface area contributed by atoms with E-state index in [0.717, 1.165) is 28.2 Å². The van der Waals surface area contributed by atoms with E-state index in [2.05, 4.69) is 42.3 Å². The van der Waals surface area contributed by atoms with Crippen LogP contribution in [0.25, 0.3) is 10.6 Å². The van der Waals surface area contributed by atoms with Crippen molar-refractivity contribution in [3.8, 4) is 22.1 Å². The van der Waals surface area contributed by atoms with Crippen LogP contribution in [0.15, 0.2) is 36.4 Å². The van der Waals surface area contributed by atoms with Crippen molar-refractivity contribution in [2.24, 2.45) is 0 Å². The molecule has 2 heterocycles. The molecule has 4 rings (SSSR count). The summed E-state index contributed by atoms with van der Waals surface area (Å²) in [7, 11) is 0. The Morgan fingerprint density at radius 1 is 1.04 bits per heavy atom. The standard InChI is InChI=1S/C22H22N2O3S/c1-13-5-7-17(14(2)11-13)22-23-15(3)20(28-22)21(25)24-16-6-8-18-19(12-16)27-10-4-9-26-18/h5-8,11-12H,4,9-10H2,1-3H3,(H,24,25). The number of rotatable bonds is 3. The molecule has 0 radical (unpaired) electrons. The lowest BCUT2D eigenvalue weighted by atomic mass is 10.1. The molecule has 28 heavy (non-hydrogen) atoms. The Morgan fingerprint density at radius 2 is 1.82 bits per heavy atom. The number of carbonyl (C=O) groups is 1. The third-order valence-corrected chi connectivity index (χ3v) is 5.81. The second kappa shape index (κ2) is 7.64. The fourth-order valence-electron chi connectivity index (χ4n) is 3.20. The monoisotopic (exact) mass is 394 g/mol.